The number of aryl methyl sites for hydroxylation is 2. The molecule has 0 radical (unpaired) electrons. The number of amides is 2. The molecule has 0 aliphatic carbocycles. The molecular formula is C21H26N2O3S. The van der Waals surface area contributed by atoms with Gasteiger partial charge in [-0.2, -0.15) is 0 Å². The molecule has 1 aromatic carbocycles. The second kappa shape index (κ2) is 8.13. The van der Waals surface area contributed by atoms with Crippen molar-refractivity contribution in [2.24, 2.45) is 0 Å². The number of piperazine rings is 1. The number of carbonyl (C=O) groups is 2. The standard InChI is InChI=1S/C21H26N2O3S/c1-5-26-19-7-6-17(12-14(19)2)20(24)22-8-10-23(11-9-22)21(25)18-13-27-16(4)15(18)3/h6-7,12-13H,5,8-11H2,1-4H3. The van der Waals surface area contributed by atoms with Crippen LogP contribution in [0.25, 0.3) is 0 Å². The van der Waals surface area contributed by atoms with Gasteiger partial charge >= 0.3 is 0 Å². The van der Waals surface area contributed by atoms with Crippen LogP contribution in [0.2, 0.25) is 0 Å². The van der Waals surface area contributed by atoms with E-state index >= 15 is 0 Å². The fourth-order valence-electron chi connectivity index (χ4n) is 3.29. The molecule has 6 heteroatoms. The third-order valence-corrected chi connectivity index (χ3v) is 6.11. The van der Waals surface area contributed by atoms with Crippen LogP contribution in [-0.2, 0) is 0 Å². The molecule has 27 heavy (non-hydrogen) atoms. The normalized spacial score (nSPS) is 14.4. The molecule has 0 saturated carbocycles. The van der Waals surface area contributed by atoms with E-state index in [1.165, 1.54) is 4.88 Å². The highest BCUT2D eigenvalue weighted by Gasteiger charge is 2.27. The molecule has 1 fully saturated rings. The Labute approximate surface area is 164 Å². The van der Waals surface area contributed by atoms with Crippen molar-refractivity contribution in [3.63, 3.8) is 0 Å². The van der Waals surface area contributed by atoms with Crippen LogP contribution in [-0.4, -0.2) is 54.4 Å². The van der Waals surface area contributed by atoms with Gasteiger partial charge in [0, 0.05) is 42.0 Å². The minimum absolute atomic E-state index is 0.0100. The first kappa shape index (κ1) is 19.4. The van der Waals surface area contributed by atoms with Crippen LogP contribution in [0, 0.1) is 20.8 Å². The first-order chi connectivity index (χ1) is 12.9. The molecule has 2 heterocycles. The van der Waals surface area contributed by atoms with Gasteiger partial charge in [-0.25, -0.2) is 0 Å². The maximum atomic E-state index is 12.8. The van der Waals surface area contributed by atoms with Crippen molar-refractivity contribution < 1.29 is 14.3 Å². The molecule has 1 saturated heterocycles. The van der Waals surface area contributed by atoms with E-state index in [1.54, 1.807) is 11.3 Å². The average molecular weight is 387 g/mol. The number of benzene rings is 1. The van der Waals surface area contributed by atoms with E-state index in [-0.39, 0.29) is 11.8 Å². The fourth-order valence-corrected chi connectivity index (χ4v) is 4.15. The summed E-state index contributed by atoms with van der Waals surface area (Å²) in [4.78, 5) is 30.4. The molecule has 0 N–H and O–H groups in total. The zero-order chi connectivity index (χ0) is 19.6. The van der Waals surface area contributed by atoms with Crippen LogP contribution in [0.5, 0.6) is 5.75 Å². The van der Waals surface area contributed by atoms with Crippen molar-refractivity contribution >= 4 is 23.2 Å². The van der Waals surface area contributed by atoms with Crippen LogP contribution in [0.4, 0.5) is 0 Å². The lowest BCUT2D eigenvalue weighted by molar-refractivity contribution is 0.0535. The summed E-state index contributed by atoms with van der Waals surface area (Å²) < 4.78 is 5.54. The van der Waals surface area contributed by atoms with Gasteiger partial charge in [0.1, 0.15) is 5.75 Å². The largest absolute Gasteiger partial charge is 0.494 e. The molecule has 5 nitrogen and oxygen atoms in total. The quantitative estimate of drug-likeness (QED) is 0.806. The van der Waals surface area contributed by atoms with Crippen molar-refractivity contribution in [3.05, 3.63) is 50.7 Å². The second-order valence-electron chi connectivity index (χ2n) is 6.83. The van der Waals surface area contributed by atoms with Gasteiger partial charge in [0.2, 0.25) is 0 Å². The predicted molar refractivity (Wildman–Crippen MR) is 108 cm³/mol. The minimum atomic E-state index is 0.0100. The maximum Gasteiger partial charge on any atom is 0.255 e. The average Bonchev–Trinajstić information content (AvgIpc) is 3.01. The minimum Gasteiger partial charge on any atom is -0.494 e. The highest BCUT2D eigenvalue weighted by atomic mass is 32.1. The van der Waals surface area contributed by atoms with Crippen LogP contribution < -0.4 is 4.74 Å². The molecular weight excluding hydrogens is 360 g/mol. The van der Waals surface area contributed by atoms with E-state index in [2.05, 4.69) is 0 Å². The molecule has 1 aliphatic heterocycles. The number of carbonyl (C=O) groups excluding carboxylic acids is 2. The smallest absolute Gasteiger partial charge is 0.255 e. The zero-order valence-corrected chi connectivity index (χ0v) is 17.2. The van der Waals surface area contributed by atoms with Crippen LogP contribution in [0.1, 0.15) is 43.6 Å². The summed E-state index contributed by atoms with van der Waals surface area (Å²) >= 11 is 1.61. The number of rotatable bonds is 4. The molecule has 1 aliphatic rings. The third kappa shape index (κ3) is 4.00. The van der Waals surface area contributed by atoms with Gasteiger partial charge in [-0.15, -0.1) is 11.3 Å². The van der Waals surface area contributed by atoms with Crippen molar-refractivity contribution in [2.45, 2.75) is 27.7 Å². The van der Waals surface area contributed by atoms with Crippen molar-refractivity contribution in [3.8, 4) is 5.75 Å². The molecule has 2 amide bonds. The van der Waals surface area contributed by atoms with Gasteiger partial charge in [0.05, 0.1) is 12.2 Å². The SMILES string of the molecule is CCOc1ccc(C(=O)N2CCN(C(=O)c3csc(C)c3C)CC2)cc1C. The molecule has 0 bridgehead atoms. The molecule has 0 spiro atoms. The van der Waals surface area contributed by atoms with Crippen molar-refractivity contribution in [2.75, 3.05) is 32.8 Å². The Bertz CT molecular complexity index is 851. The maximum absolute atomic E-state index is 12.8. The number of thiophene rings is 1. The molecule has 2 aromatic rings. The molecule has 0 unspecified atom stereocenters. The molecule has 1 aromatic heterocycles. The van der Waals surface area contributed by atoms with Gasteiger partial charge in [-0.05, 0) is 57.0 Å². The molecule has 0 atom stereocenters. The van der Waals surface area contributed by atoms with E-state index in [9.17, 15) is 9.59 Å². The molecule has 144 valence electrons. The summed E-state index contributed by atoms with van der Waals surface area (Å²) in [6, 6.07) is 5.55. The van der Waals surface area contributed by atoms with Gasteiger partial charge in [0.25, 0.3) is 11.8 Å². The number of ether oxygens (including phenoxy) is 1. The van der Waals surface area contributed by atoms with Gasteiger partial charge < -0.3 is 14.5 Å². The third-order valence-electron chi connectivity index (χ3n) is 5.09. The second-order valence-corrected chi connectivity index (χ2v) is 7.91. The fraction of sp³-hybridized carbons (Fsp3) is 0.429. The lowest BCUT2D eigenvalue weighted by atomic mass is 10.1. The van der Waals surface area contributed by atoms with Crippen molar-refractivity contribution in [1.29, 1.82) is 0 Å². The van der Waals surface area contributed by atoms with Gasteiger partial charge in [-0.3, -0.25) is 9.59 Å². The Morgan fingerprint density at radius 2 is 1.67 bits per heavy atom. The highest BCUT2D eigenvalue weighted by Crippen LogP contribution is 2.23. The van der Waals surface area contributed by atoms with Gasteiger partial charge in [-0.1, -0.05) is 0 Å². The first-order valence-corrected chi connectivity index (χ1v) is 10.2. The van der Waals surface area contributed by atoms with E-state index in [1.807, 2.05) is 61.1 Å². The molecule has 3 rings (SSSR count). The van der Waals surface area contributed by atoms with Crippen molar-refractivity contribution in [1.82, 2.24) is 9.80 Å². The Kier molecular flexibility index (Phi) is 5.85. The summed E-state index contributed by atoms with van der Waals surface area (Å²) in [5.74, 6) is 0.891. The summed E-state index contributed by atoms with van der Waals surface area (Å²) in [6.07, 6.45) is 0. The summed E-state index contributed by atoms with van der Waals surface area (Å²) in [5, 5.41) is 1.94. The summed E-state index contributed by atoms with van der Waals surface area (Å²) in [7, 11) is 0. The number of nitrogens with zero attached hydrogens (tertiary/aromatic N) is 2. The van der Waals surface area contributed by atoms with E-state index < -0.39 is 0 Å². The Morgan fingerprint density at radius 3 is 2.19 bits per heavy atom. The summed E-state index contributed by atoms with van der Waals surface area (Å²) in [6.45, 7) is 10.8. The van der Waals surface area contributed by atoms with Gasteiger partial charge in [0.15, 0.2) is 0 Å². The predicted octanol–water partition coefficient (Wildman–Crippen LogP) is 3.67. The lowest BCUT2D eigenvalue weighted by Crippen LogP contribution is -2.50. The Hall–Kier alpha value is -2.34. The van der Waals surface area contributed by atoms with E-state index in [0.717, 1.165) is 22.4 Å². The highest BCUT2D eigenvalue weighted by molar-refractivity contribution is 7.10. The zero-order valence-electron chi connectivity index (χ0n) is 16.4. The van der Waals surface area contributed by atoms with Crippen LogP contribution in [0.15, 0.2) is 23.6 Å². The number of hydrogen-bond acceptors (Lipinski definition) is 4. The Balaban J connectivity index is 1.63. The van der Waals surface area contributed by atoms with E-state index in [0.29, 0.717) is 38.3 Å². The lowest BCUT2D eigenvalue weighted by Gasteiger charge is -2.35. The van der Waals surface area contributed by atoms with Crippen LogP contribution >= 0.6 is 11.3 Å². The summed E-state index contributed by atoms with van der Waals surface area (Å²) in [5.41, 5.74) is 3.48. The topological polar surface area (TPSA) is 49.9 Å². The monoisotopic (exact) mass is 386 g/mol. The Morgan fingerprint density at radius 1 is 1.04 bits per heavy atom. The van der Waals surface area contributed by atoms with Crippen LogP contribution in [0.3, 0.4) is 0 Å². The number of hydrogen-bond donors (Lipinski definition) is 0. The first-order valence-electron chi connectivity index (χ1n) is 9.29. The van der Waals surface area contributed by atoms with E-state index in [4.69, 9.17) is 4.74 Å².